The molecule has 0 spiro atoms. The van der Waals surface area contributed by atoms with E-state index in [1.54, 1.807) is 0 Å². The van der Waals surface area contributed by atoms with E-state index in [2.05, 4.69) is 27.3 Å². The third-order valence-electron chi connectivity index (χ3n) is 3.00. The summed E-state index contributed by atoms with van der Waals surface area (Å²) < 4.78 is 10.9. The van der Waals surface area contributed by atoms with Gasteiger partial charge in [0.15, 0.2) is 5.82 Å². The first-order valence-electron chi connectivity index (χ1n) is 6.61. The van der Waals surface area contributed by atoms with Crippen LogP contribution < -0.4 is 5.32 Å². The standard InChI is InChI=1S/C12H22N4O2/c1-3-4-11-14-12(18-15-11)9-16-5-6-17-10(8-16)7-13-2/h10,13H,3-9H2,1-2H3. The lowest BCUT2D eigenvalue weighted by Crippen LogP contribution is -2.45. The van der Waals surface area contributed by atoms with Gasteiger partial charge in [-0.25, -0.2) is 0 Å². The Morgan fingerprint density at radius 1 is 1.50 bits per heavy atom. The molecule has 1 aliphatic heterocycles. The van der Waals surface area contributed by atoms with E-state index < -0.39 is 0 Å². The lowest BCUT2D eigenvalue weighted by molar-refractivity contribution is -0.0318. The zero-order chi connectivity index (χ0) is 12.8. The lowest BCUT2D eigenvalue weighted by Gasteiger charge is -2.31. The molecule has 1 atom stereocenters. The number of hydrogen-bond donors (Lipinski definition) is 1. The third kappa shape index (κ3) is 3.76. The van der Waals surface area contributed by atoms with Crippen molar-refractivity contribution in [1.29, 1.82) is 0 Å². The normalized spacial score (nSPS) is 21.3. The van der Waals surface area contributed by atoms with Crippen LogP contribution in [0.1, 0.15) is 25.1 Å². The molecule has 1 N–H and O–H groups in total. The number of aromatic nitrogens is 2. The van der Waals surface area contributed by atoms with Gasteiger partial charge in [-0.1, -0.05) is 12.1 Å². The van der Waals surface area contributed by atoms with Crippen molar-refractivity contribution >= 4 is 0 Å². The molecule has 1 aromatic heterocycles. The molecule has 0 bridgehead atoms. The molecule has 0 aromatic carbocycles. The zero-order valence-electron chi connectivity index (χ0n) is 11.2. The van der Waals surface area contributed by atoms with Crippen molar-refractivity contribution < 1.29 is 9.26 Å². The molecule has 0 aliphatic carbocycles. The Hall–Kier alpha value is -0.980. The van der Waals surface area contributed by atoms with Crippen molar-refractivity contribution in [3.05, 3.63) is 11.7 Å². The van der Waals surface area contributed by atoms with Gasteiger partial charge in [-0.3, -0.25) is 4.90 Å². The molecule has 0 radical (unpaired) electrons. The predicted octanol–water partition coefficient (Wildman–Crippen LogP) is 0.442. The van der Waals surface area contributed by atoms with Gasteiger partial charge in [-0.15, -0.1) is 0 Å². The molecule has 1 fully saturated rings. The second kappa shape index (κ2) is 6.82. The molecule has 2 heterocycles. The average molecular weight is 254 g/mol. The van der Waals surface area contributed by atoms with Crippen LogP contribution in [0.3, 0.4) is 0 Å². The van der Waals surface area contributed by atoms with Crippen molar-refractivity contribution in [3.8, 4) is 0 Å². The van der Waals surface area contributed by atoms with Gasteiger partial charge in [0, 0.05) is 26.1 Å². The van der Waals surface area contributed by atoms with Crippen LogP contribution in [0.2, 0.25) is 0 Å². The first-order valence-corrected chi connectivity index (χ1v) is 6.61. The Morgan fingerprint density at radius 3 is 3.17 bits per heavy atom. The van der Waals surface area contributed by atoms with E-state index in [-0.39, 0.29) is 6.10 Å². The minimum Gasteiger partial charge on any atom is -0.374 e. The van der Waals surface area contributed by atoms with Crippen molar-refractivity contribution in [1.82, 2.24) is 20.4 Å². The molecule has 1 aliphatic rings. The summed E-state index contributed by atoms with van der Waals surface area (Å²) in [5.41, 5.74) is 0. The first-order chi connectivity index (χ1) is 8.81. The summed E-state index contributed by atoms with van der Waals surface area (Å²) in [5, 5.41) is 7.11. The first kappa shape index (κ1) is 13.5. The second-order valence-electron chi connectivity index (χ2n) is 4.64. The van der Waals surface area contributed by atoms with Gasteiger partial charge in [0.1, 0.15) is 0 Å². The fraction of sp³-hybridized carbons (Fsp3) is 0.833. The molecule has 6 heteroatoms. The molecule has 0 saturated carbocycles. The minimum absolute atomic E-state index is 0.252. The monoisotopic (exact) mass is 254 g/mol. The molecule has 6 nitrogen and oxygen atoms in total. The van der Waals surface area contributed by atoms with Gasteiger partial charge in [0.05, 0.1) is 19.3 Å². The van der Waals surface area contributed by atoms with Crippen LogP contribution in [0.5, 0.6) is 0 Å². The van der Waals surface area contributed by atoms with Crippen molar-refractivity contribution in [2.45, 2.75) is 32.4 Å². The van der Waals surface area contributed by atoms with E-state index in [1.807, 2.05) is 7.05 Å². The molecule has 18 heavy (non-hydrogen) atoms. The number of morpholine rings is 1. The van der Waals surface area contributed by atoms with Crippen molar-refractivity contribution in [2.75, 3.05) is 33.3 Å². The Balaban J connectivity index is 1.84. The number of ether oxygens (including phenoxy) is 1. The molecule has 102 valence electrons. The van der Waals surface area contributed by atoms with Crippen LogP contribution in [0.4, 0.5) is 0 Å². The third-order valence-corrected chi connectivity index (χ3v) is 3.00. The number of aryl methyl sites for hydroxylation is 1. The van der Waals surface area contributed by atoms with Crippen LogP contribution in [-0.4, -0.2) is 54.4 Å². The molecular weight excluding hydrogens is 232 g/mol. The van der Waals surface area contributed by atoms with E-state index in [0.29, 0.717) is 5.89 Å². The van der Waals surface area contributed by atoms with Crippen LogP contribution in [-0.2, 0) is 17.7 Å². The van der Waals surface area contributed by atoms with E-state index in [4.69, 9.17) is 9.26 Å². The fourth-order valence-electron chi connectivity index (χ4n) is 2.15. The van der Waals surface area contributed by atoms with Crippen molar-refractivity contribution in [2.24, 2.45) is 0 Å². The molecule has 0 amide bonds. The van der Waals surface area contributed by atoms with Crippen molar-refractivity contribution in [3.63, 3.8) is 0 Å². The topological polar surface area (TPSA) is 63.4 Å². The number of nitrogens with one attached hydrogen (secondary N) is 1. The van der Waals surface area contributed by atoms with E-state index in [9.17, 15) is 0 Å². The molecular formula is C12H22N4O2. The highest BCUT2D eigenvalue weighted by atomic mass is 16.5. The highest BCUT2D eigenvalue weighted by molar-refractivity contribution is 4.87. The Bertz CT molecular complexity index is 354. The smallest absolute Gasteiger partial charge is 0.240 e. The summed E-state index contributed by atoms with van der Waals surface area (Å²) in [6, 6.07) is 0. The molecule has 1 unspecified atom stereocenters. The van der Waals surface area contributed by atoms with Gasteiger partial charge < -0.3 is 14.6 Å². The number of likely N-dealkylation sites (N-methyl/N-ethyl adjacent to an activating group) is 1. The lowest BCUT2D eigenvalue weighted by atomic mass is 10.2. The van der Waals surface area contributed by atoms with Gasteiger partial charge in [-0.2, -0.15) is 4.98 Å². The van der Waals surface area contributed by atoms with Gasteiger partial charge in [0.2, 0.25) is 5.89 Å². The maximum atomic E-state index is 5.66. The van der Waals surface area contributed by atoms with Gasteiger partial charge in [0.25, 0.3) is 0 Å². The fourth-order valence-corrected chi connectivity index (χ4v) is 2.15. The predicted molar refractivity (Wildman–Crippen MR) is 67.2 cm³/mol. The number of hydrogen-bond acceptors (Lipinski definition) is 6. The van der Waals surface area contributed by atoms with Crippen LogP contribution >= 0.6 is 0 Å². The maximum Gasteiger partial charge on any atom is 0.240 e. The average Bonchev–Trinajstić information content (AvgIpc) is 2.78. The summed E-state index contributed by atoms with van der Waals surface area (Å²) in [4.78, 5) is 6.69. The Labute approximate surface area is 108 Å². The summed E-state index contributed by atoms with van der Waals surface area (Å²) >= 11 is 0. The number of nitrogens with zero attached hydrogens (tertiary/aromatic N) is 3. The van der Waals surface area contributed by atoms with E-state index >= 15 is 0 Å². The highest BCUT2D eigenvalue weighted by Crippen LogP contribution is 2.09. The SMILES string of the molecule is CCCc1noc(CN2CCOC(CNC)C2)n1. The quantitative estimate of drug-likeness (QED) is 0.795. The minimum atomic E-state index is 0.252. The summed E-state index contributed by atoms with van der Waals surface area (Å²) in [6.07, 6.45) is 2.18. The Morgan fingerprint density at radius 2 is 2.39 bits per heavy atom. The van der Waals surface area contributed by atoms with E-state index in [0.717, 1.165) is 51.5 Å². The molecule has 2 rings (SSSR count). The van der Waals surface area contributed by atoms with Gasteiger partial charge >= 0.3 is 0 Å². The van der Waals surface area contributed by atoms with E-state index in [1.165, 1.54) is 0 Å². The number of rotatable bonds is 6. The largest absolute Gasteiger partial charge is 0.374 e. The maximum absolute atomic E-state index is 5.66. The summed E-state index contributed by atoms with van der Waals surface area (Å²) in [7, 11) is 1.94. The van der Waals surface area contributed by atoms with Gasteiger partial charge in [-0.05, 0) is 13.5 Å². The summed E-state index contributed by atoms with van der Waals surface area (Å²) in [5.74, 6) is 1.52. The Kier molecular flexibility index (Phi) is 5.10. The summed E-state index contributed by atoms with van der Waals surface area (Å²) in [6.45, 7) is 6.31. The van der Waals surface area contributed by atoms with Crippen LogP contribution in [0.25, 0.3) is 0 Å². The van der Waals surface area contributed by atoms with Crippen LogP contribution in [0.15, 0.2) is 4.52 Å². The zero-order valence-corrected chi connectivity index (χ0v) is 11.2. The van der Waals surface area contributed by atoms with Crippen LogP contribution in [0, 0.1) is 0 Å². The second-order valence-corrected chi connectivity index (χ2v) is 4.64. The highest BCUT2D eigenvalue weighted by Gasteiger charge is 2.21. The molecule has 1 saturated heterocycles. The molecule has 1 aromatic rings.